The van der Waals surface area contributed by atoms with Gasteiger partial charge in [0.1, 0.15) is 11.5 Å². The van der Waals surface area contributed by atoms with Crippen LogP contribution in [0, 0.1) is 5.82 Å². The zero-order valence-electron chi connectivity index (χ0n) is 16.3. The van der Waals surface area contributed by atoms with Gasteiger partial charge in [-0.3, -0.25) is 5.32 Å². The number of hydrogen-bond acceptors (Lipinski definition) is 6. The molecule has 11 nitrogen and oxygen atoms in total. The van der Waals surface area contributed by atoms with Crippen LogP contribution in [0.4, 0.5) is 31.2 Å². The van der Waals surface area contributed by atoms with E-state index in [4.69, 9.17) is 14.7 Å². The number of carbonyl (C=O) groups is 3. The Balaban J connectivity index is 1.57. The molecule has 166 valence electrons. The molecule has 0 saturated heterocycles. The summed E-state index contributed by atoms with van der Waals surface area (Å²) in [6.07, 6.45) is 0. The van der Waals surface area contributed by atoms with Gasteiger partial charge < -0.3 is 30.7 Å². The second kappa shape index (κ2) is 10.0. The molecule has 2 aromatic carbocycles. The molecule has 4 amide bonds. The molecule has 6 N–H and O–H groups in total. The lowest BCUT2D eigenvalue weighted by Gasteiger charge is -2.10. The van der Waals surface area contributed by atoms with Gasteiger partial charge in [0, 0.05) is 17.3 Å². The Morgan fingerprint density at radius 1 is 1.00 bits per heavy atom. The lowest BCUT2D eigenvalue weighted by molar-refractivity contribution is -0.140. The van der Waals surface area contributed by atoms with Gasteiger partial charge in [-0.25, -0.2) is 18.8 Å². The van der Waals surface area contributed by atoms with E-state index >= 15 is 0 Å². The molecule has 0 aliphatic rings. The maximum absolute atomic E-state index is 13.6. The van der Waals surface area contributed by atoms with E-state index in [9.17, 15) is 18.8 Å². The molecule has 32 heavy (non-hydrogen) atoms. The molecular formula is C20H18FN5O6. The normalized spacial score (nSPS) is 11.3. The highest BCUT2D eigenvalue weighted by Crippen LogP contribution is 2.23. The number of hydrogen-bond donors (Lipinski definition) is 6. The summed E-state index contributed by atoms with van der Waals surface area (Å²) in [5.41, 5.74) is 1.44. The molecule has 1 heterocycles. The van der Waals surface area contributed by atoms with Crippen LogP contribution in [0.25, 0.3) is 11.3 Å². The summed E-state index contributed by atoms with van der Waals surface area (Å²) < 4.78 is 18.6. The Kier molecular flexibility index (Phi) is 6.98. The molecule has 3 aromatic rings. The molecule has 1 unspecified atom stereocenters. The summed E-state index contributed by atoms with van der Waals surface area (Å²) >= 11 is 0. The van der Waals surface area contributed by atoms with Gasteiger partial charge in [0.05, 0.1) is 12.3 Å². The quantitative estimate of drug-likeness (QED) is 0.326. The average Bonchev–Trinajstić information content (AvgIpc) is 3.22. The first kappa shape index (κ1) is 22.2. The highest BCUT2D eigenvalue weighted by molar-refractivity contribution is 6.00. The molecule has 12 heteroatoms. The largest absolute Gasteiger partial charge is 0.480 e. The molecule has 3 rings (SSSR count). The summed E-state index contributed by atoms with van der Waals surface area (Å²) in [6, 6.07) is 10.6. The van der Waals surface area contributed by atoms with Crippen molar-refractivity contribution in [3.05, 3.63) is 60.4 Å². The maximum atomic E-state index is 13.6. The lowest BCUT2D eigenvalue weighted by Crippen LogP contribution is -2.45. The summed E-state index contributed by atoms with van der Waals surface area (Å²) in [5.74, 6) is -2.00. The number of carboxylic acid groups (broad SMARTS) is 1. The Bertz CT molecular complexity index is 1120. The van der Waals surface area contributed by atoms with Gasteiger partial charge in [0.2, 0.25) is 5.88 Å². The van der Waals surface area contributed by atoms with Gasteiger partial charge in [-0.2, -0.15) is 0 Å². The van der Waals surface area contributed by atoms with Gasteiger partial charge in [-0.1, -0.05) is 29.4 Å². The number of halogens is 1. The second-order valence-corrected chi connectivity index (χ2v) is 6.38. The minimum Gasteiger partial charge on any atom is -0.480 e. The van der Waals surface area contributed by atoms with Crippen molar-refractivity contribution in [3.63, 3.8) is 0 Å². The van der Waals surface area contributed by atoms with Crippen LogP contribution in [-0.2, 0) is 4.79 Å². The summed E-state index contributed by atoms with van der Waals surface area (Å²) in [6.45, 7) is -0.775. The minimum absolute atomic E-state index is 0.0435. The number of urea groups is 2. The Labute approximate surface area is 180 Å². The van der Waals surface area contributed by atoms with Gasteiger partial charge in [-0.15, -0.1) is 0 Å². The molecule has 1 atom stereocenters. The lowest BCUT2D eigenvalue weighted by atomic mass is 10.1. The van der Waals surface area contributed by atoms with Crippen LogP contribution >= 0.6 is 0 Å². The molecule has 0 aliphatic carbocycles. The number of aromatic nitrogens is 1. The van der Waals surface area contributed by atoms with Crippen LogP contribution in [0.5, 0.6) is 0 Å². The van der Waals surface area contributed by atoms with E-state index in [1.54, 1.807) is 30.3 Å². The Morgan fingerprint density at radius 2 is 1.72 bits per heavy atom. The predicted molar refractivity (Wildman–Crippen MR) is 112 cm³/mol. The van der Waals surface area contributed by atoms with Crippen LogP contribution in [0.3, 0.4) is 0 Å². The van der Waals surface area contributed by atoms with Crippen molar-refractivity contribution < 1.29 is 33.5 Å². The molecule has 0 spiro atoms. The first-order valence-corrected chi connectivity index (χ1v) is 9.16. The number of carboxylic acids is 1. The van der Waals surface area contributed by atoms with Gasteiger partial charge >= 0.3 is 18.0 Å². The van der Waals surface area contributed by atoms with Crippen molar-refractivity contribution in [1.82, 2.24) is 10.5 Å². The Morgan fingerprint density at radius 3 is 2.38 bits per heavy atom. The van der Waals surface area contributed by atoms with Gasteiger partial charge in [0.25, 0.3) is 0 Å². The standard InChI is InChI=1S/C20H18FN5O6/c21-13-3-1-2-4-14(13)23-19(30)22-12-7-5-11(6-8-12)15-9-17(32-26-15)25-20(31)24-16(10-27)18(28)29/h1-9,16,27H,10H2,(H,28,29)(H2,22,23,30)(H2,24,25,31). The molecule has 0 fully saturated rings. The van der Waals surface area contributed by atoms with Crippen molar-refractivity contribution in [2.45, 2.75) is 6.04 Å². The van der Waals surface area contributed by atoms with Crippen LogP contribution in [0.1, 0.15) is 0 Å². The first-order valence-electron chi connectivity index (χ1n) is 9.16. The Hall–Kier alpha value is -4.45. The highest BCUT2D eigenvalue weighted by atomic mass is 19.1. The SMILES string of the molecule is O=C(Nc1ccc(-c2cc(NC(=O)NC(CO)C(=O)O)on2)cc1)Nc1ccccc1F. The monoisotopic (exact) mass is 443 g/mol. The highest BCUT2D eigenvalue weighted by Gasteiger charge is 2.19. The van der Waals surface area contributed by atoms with Crippen molar-refractivity contribution in [2.75, 3.05) is 22.6 Å². The van der Waals surface area contributed by atoms with E-state index in [0.29, 0.717) is 16.9 Å². The van der Waals surface area contributed by atoms with Crippen LogP contribution < -0.4 is 21.3 Å². The molecule has 1 aromatic heterocycles. The molecule has 0 aliphatic heterocycles. The molecule has 0 radical (unpaired) electrons. The third kappa shape index (κ3) is 5.79. The fourth-order valence-corrected chi connectivity index (χ4v) is 2.53. The number of carbonyl (C=O) groups excluding carboxylic acids is 2. The van der Waals surface area contributed by atoms with E-state index in [-0.39, 0.29) is 11.6 Å². The van der Waals surface area contributed by atoms with Crippen molar-refractivity contribution in [2.24, 2.45) is 0 Å². The topological polar surface area (TPSA) is 166 Å². The maximum Gasteiger partial charge on any atom is 0.328 e. The van der Waals surface area contributed by atoms with Crippen LogP contribution in [0.15, 0.2) is 59.1 Å². The summed E-state index contributed by atoms with van der Waals surface area (Å²) in [7, 11) is 0. The smallest absolute Gasteiger partial charge is 0.328 e. The number of rotatable bonds is 7. The van der Waals surface area contributed by atoms with E-state index in [1.807, 2.05) is 0 Å². The zero-order chi connectivity index (χ0) is 23.1. The average molecular weight is 443 g/mol. The van der Waals surface area contributed by atoms with Gasteiger partial charge in [-0.05, 0) is 24.3 Å². The number of para-hydroxylation sites is 1. The fraction of sp³-hybridized carbons (Fsp3) is 0.100. The van der Waals surface area contributed by atoms with Gasteiger partial charge in [0.15, 0.2) is 6.04 Å². The number of nitrogens with one attached hydrogen (secondary N) is 4. The number of anilines is 3. The third-order valence-electron chi connectivity index (χ3n) is 4.09. The minimum atomic E-state index is -1.46. The van der Waals surface area contributed by atoms with Crippen LogP contribution in [0.2, 0.25) is 0 Å². The number of nitrogens with zero attached hydrogens (tertiary/aromatic N) is 1. The van der Waals surface area contributed by atoms with E-state index in [2.05, 4.69) is 26.4 Å². The molecule has 0 saturated carbocycles. The summed E-state index contributed by atoms with van der Waals surface area (Å²) in [4.78, 5) is 34.6. The van der Waals surface area contributed by atoms with Crippen molar-refractivity contribution in [1.29, 1.82) is 0 Å². The second-order valence-electron chi connectivity index (χ2n) is 6.38. The van der Waals surface area contributed by atoms with E-state index in [1.165, 1.54) is 24.3 Å². The number of aliphatic carboxylic acids is 1. The zero-order valence-corrected chi connectivity index (χ0v) is 16.3. The summed E-state index contributed by atoms with van der Waals surface area (Å²) in [5, 5.41) is 30.8. The number of amides is 4. The van der Waals surface area contributed by atoms with Crippen molar-refractivity contribution in [3.8, 4) is 11.3 Å². The third-order valence-corrected chi connectivity index (χ3v) is 4.09. The van der Waals surface area contributed by atoms with E-state index < -0.39 is 36.5 Å². The number of aliphatic hydroxyl groups excluding tert-OH is 1. The number of benzene rings is 2. The number of aliphatic hydroxyl groups is 1. The first-order chi connectivity index (χ1) is 15.4. The predicted octanol–water partition coefficient (Wildman–Crippen LogP) is 2.69. The van der Waals surface area contributed by atoms with Crippen molar-refractivity contribution >= 4 is 35.3 Å². The van der Waals surface area contributed by atoms with E-state index in [0.717, 1.165) is 0 Å². The molecule has 0 bridgehead atoms. The van der Waals surface area contributed by atoms with Crippen LogP contribution in [-0.4, -0.2) is 46.0 Å². The fourth-order valence-electron chi connectivity index (χ4n) is 2.53. The molecular weight excluding hydrogens is 425 g/mol.